The third kappa shape index (κ3) is 2.04. The molecule has 0 saturated carbocycles. The van der Waals surface area contributed by atoms with Gasteiger partial charge in [0.05, 0.1) is 0 Å². The summed E-state index contributed by atoms with van der Waals surface area (Å²) in [6.45, 7) is 5.46. The Labute approximate surface area is 83.8 Å². The first-order valence-electron chi connectivity index (χ1n) is 5.18. The Balaban J connectivity index is 1.90. The summed E-state index contributed by atoms with van der Waals surface area (Å²) in [6, 6.07) is 5.33. The van der Waals surface area contributed by atoms with Gasteiger partial charge in [-0.25, -0.2) is 0 Å². The second-order valence-corrected chi connectivity index (χ2v) is 4.01. The fourth-order valence-electron chi connectivity index (χ4n) is 1.89. The van der Waals surface area contributed by atoms with Crippen LogP contribution < -0.4 is 5.56 Å². The lowest BCUT2D eigenvalue weighted by molar-refractivity contribution is 0.0884. The highest BCUT2D eigenvalue weighted by molar-refractivity contribution is 5.04. The monoisotopic (exact) mass is 192 g/mol. The Morgan fingerprint density at radius 1 is 1.50 bits per heavy atom. The topological polar surface area (TPSA) is 36.1 Å². The molecule has 14 heavy (non-hydrogen) atoms. The number of nitrogens with one attached hydrogen (secondary N) is 1. The zero-order valence-corrected chi connectivity index (χ0v) is 8.49. The van der Waals surface area contributed by atoms with Crippen LogP contribution in [0.3, 0.4) is 0 Å². The molecule has 0 spiro atoms. The third-order valence-corrected chi connectivity index (χ3v) is 2.83. The van der Waals surface area contributed by atoms with Gasteiger partial charge in [-0.1, -0.05) is 19.4 Å². The lowest BCUT2D eigenvalue weighted by atomic mass is 9.97. The van der Waals surface area contributed by atoms with E-state index in [9.17, 15) is 4.79 Å². The quantitative estimate of drug-likeness (QED) is 0.781. The molecule has 1 aliphatic heterocycles. The van der Waals surface area contributed by atoms with Gasteiger partial charge in [-0.15, -0.1) is 0 Å². The minimum Gasteiger partial charge on any atom is -0.325 e. The second kappa shape index (κ2) is 3.96. The van der Waals surface area contributed by atoms with Crippen molar-refractivity contribution in [2.45, 2.75) is 19.9 Å². The molecule has 0 bridgehead atoms. The van der Waals surface area contributed by atoms with Crippen LogP contribution >= 0.6 is 0 Å². The zero-order valence-electron chi connectivity index (χ0n) is 8.49. The molecule has 0 amide bonds. The van der Waals surface area contributed by atoms with Crippen LogP contribution in [0, 0.1) is 5.92 Å². The van der Waals surface area contributed by atoms with Crippen molar-refractivity contribution in [1.82, 2.24) is 9.88 Å². The Kier molecular flexibility index (Phi) is 2.68. The maximum atomic E-state index is 11.0. The maximum absolute atomic E-state index is 11.0. The molecule has 1 aromatic rings. The number of hydrogen-bond acceptors (Lipinski definition) is 2. The molecule has 1 saturated heterocycles. The van der Waals surface area contributed by atoms with Gasteiger partial charge >= 0.3 is 0 Å². The highest BCUT2D eigenvalue weighted by atomic mass is 16.1. The molecular weight excluding hydrogens is 176 g/mol. The third-order valence-electron chi connectivity index (χ3n) is 2.83. The van der Waals surface area contributed by atoms with Gasteiger partial charge in [0.15, 0.2) is 0 Å². The SMILES string of the molecule is CCC1CN(Cc2cccc(=O)[nH]2)C1. The van der Waals surface area contributed by atoms with Crippen LogP contribution in [-0.2, 0) is 6.54 Å². The Bertz CT molecular complexity index is 352. The second-order valence-electron chi connectivity index (χ2n) is 4.01. The van der Waals surface area contributed by atoms with Gasteiger partial charge in [-0.2, -0.15) is 0 Å². The molecule has 0 atom stereocenters. The van der Waals surface area contributed by atoms with Crippen LogP contribution in [0.25, 0.3) is 0 Å². The summed E-state index contributed by atoms with van der Waals surface area (Å²) in [6.07, 6.45) is 1.27. The van der Waals surface area contributed by atoms with Crippen molar-refractivity contribution in [2.75, 3.05) is 13.1 Å². The summed E-state index contributed by atoms with van der Waals surface area (Å²) in [7, 11) is 0. The van der Waals surface area contributed by atoms with Crippen LogP contribution in [0.2, 0.25) is 0 Å². The lowest BCUT2D eigenvalue weighted by Crippen LogP contribution is -2.45. The van der Waals surface area contributed by atoms with Gasteiger partial charge < -0.3 is 4.98 Å². The van der Waals surface area contributed by atoms with Crippen molar-refractivity contribution in [1.29, 1.82) is 0 Å². The molecule has 3 nitrogen and oxygen atoms in total. The minimum absolute atomic E-state index is 0.00457. The van der Waals surface area contributed by atoms with Gasteiger partial charge in [-0.05, 0) is 12.0 Å². The van der Waals surface area contributed by atoms with E-state index in [1.807, 2.05) is 12.1 Å². The van der Waals surface area contributed by atoms with Gasteiger partial charge in [0.2, 0.25) is 5.56 Å². The summed E-state index contributed by atoms with van der Waals surface area (Å²) in [5.74, 6) is 0.866. The number of rotatable bonds is 3. The number of aromatic amines is 1. The van der Waals surface area contributed by atoms with Gasteiger partial charge in [0, 0.05) is 31.4 Å². The molecule has 76 valence electrons. The van der Waals surface area contributed by atoms with Gasteiger partial charge in [-0.3, -0.25) is 9.69 Å². The molecule has 2 rings (SSSR count). The number of H-pyrrole nitrogens is 1. The summed E-state index contributed by atoms with van der Waals surface area (Å²) >= 11 is 0. The number of nitrogens with zero attached hydrogens (tertiary/aromatic N) is 1. The van der Waals surface area contributed by atoms with E-state index in [4.69, 9.17) is 0 Å². The van der Waals surface area contributed by atoms with E-state index in [-0.39, 0.29) is 5.56 Å². The van der Waals surface area contributed by atoms with E-state index in [0.717, 1.165) is 18.2 Å². The normalized spacial score (nSPS) is 18.1. The van der Waals surface area contributed by atoms with E-state index < -0.39 is 0 Å². The van der Waals surface area contributed by atoms with Crippen molar-refractivity contribution in [3.05, 3.63) is 34.2 Å². The molecule has 3 heteroatoms. The fraction of sp³-hybridized carbons (Fsp3) is 0.545. The molecule has 0 unspecified atom stereocenters. The van der Waals surface area contributed by atoms with Crippen LogP contribution in [-0.4, -0.2) is 23.0 Å². The van der Waals surface area contributed by atoms with E-state index in [1.54, 1.807) is 6.07 Å². The number of pyridine rings is 1. The van der Waals surface area contributed by atoms with Crippen LogP contribution in [0.15, 0.2) is 23.0 Å². The first kappa shape index (κ1) is 9.46. The molecule has 2 heterocycles. The Morgan fingerprint density at radius 3 is 2.93 bits per heavy atom. The average molecular weight is 192 g/mol. The first-order chi connectivity index (χ1) is 6.78. The van der Waals surface area contributed by atoms with Crippen LogP contribution in [0.5, 0.6) is 0 Å². The van der Waals surface area contributed by atoms with E-state index in [2.05, 4.69) is 16.8 Å². The van der Waals surface area contributed by atoms with Crippen molar-refractivity contribution < 1.29 is 0 Å². The largest absolute Gasteiger partial charge is 0.325 e. The van der Waals surface area contributed by atoms with Crippen LogP contribution in [0.4, 0.5) is 0 Å². The first-order valence-corrected chi connectivity index (χ1v) is 5.18. The average Bonchev–Trinajstić information content (AvgIpc) is 2.10. The predicted octanol–water partition coefficient (Wildman–Crippen LogP) is 1.22. The van der Waals surface area contributed by atoms with E-state index in [1.165, 1.54) is 19.5 Å². The smallest absolute Gasteiger partial charge is 0.248 e. The predicted molar refractivity (Wildman–Crippen MR) is 56.1 cm³/mol. The van der Waals surface area contributed by atoms with E-state index in [0.29, 0.717) is 0 Å². The fourth-order valence-corrected chi connectivity index (χ4v) is 1.89. The molecular formula is C11H16N2O. The van der Waals surface area contributed by atoms with Crippen LogP contribution in [0.1, 0.15) is 19.0 Å². The highest BCUT2D eigenvalue weighted by Crippen LogP contribution is 2.19. The molecule has 0 aliphatic carbocycles. The molecule has 1 aliphatic rings. The van der Waals surface area contributed by atoms with E-state index >= 15 is 0 Å². The number of hydrogen-bond donors (Lipinski definition) is 1. The summed E-state index contributed by atoms with van der Waals surface area (Å²) < 4.78 is 0. The molecule has 0 radical (unpaired) electrons. The minimum atomic E-state index is -0.00457. The summed E-state index contributed by atoms with van der Waals surface area (Å²) in [5, 5.41) is 0. The molecule has 0 aromatic carbocycles. The lowest BCUT2D eigenvalue weighted by Gasteiger charge is -2.38. The van der Waals surface area contributed by atoms with Gasteiger partial charge in [0.25, 0.3) is 0 Å². The standard InChI is InChI=1S/C11H16N2O/c1-2-9-6-13(7-9)8-10-4-3-5-11(14)12-10/h3-5,9H,2,6-8H2,1H3,(H,12,14). The Hall–Kier alpha value is -1.09. The highest BCUT2D eigenvalue weighted by Gasteiger charge is 2.24. The zero-order chi connectivity index (χ0) is 9.97. The van der Waals surface area contributed by atoms with Crippen molar-refractivity contribution in [2.24, 2.45) is 5.92 Å². The Morgan fingerprint density at radius 2 is 2.29 bits per heavy atom. The molecule has 1 N–H and O–H groups in total. The number of likely N-dealkylation sites (tertiary alicyclic amines) is 1. The van der Waals surface area contributed by atoms with Crippen molar-refractivity contribution in [3.8, 4) is 0 Å². The summed E-state index contributed by atoms with van der Waals surface area (Å²) in [5.41, 5.74) is 1.02. The number of aromatic nitrogens is 1. The van der Waals surface area contributed by atoms with Gasteiger partial charge in [0.1, 0.15) is 0 Å². The van der Waals surface area contributed by atoms with Crippen molar-refractivity contribution >= 4 is 0 Å². The maximum Gasteiger partial charge on any atom is 0.248 e. The van der Waals surface area contributed by atoms with Crippen molar-refractivity contribution in [3.63, 3.8) is 0 Å². The summed E-state index contributed by atoms with van der Waals surface area (Å²) in [4.78, 5) is 16.2. The molecule has 1 fully saturated rings. The molecule has 1 aromatic heterocycles.